The molecule has 1 aromatic rings. The minimum absolute atomic E-state index is 0.132. The van der Waals surface area contributed by atoms with Gasteiger partial charge in [0.15, 0.2) is 12.4 Å². The van der Waals surface area contributed by atoms with Crippen LogP contribution in [0.15, 0.2) is 12.1 Å². The Kier molecular flexibility index (Phi) is 4.22. The van der Waals surface area contributed by atoms with E-state index < -0.39 is 5.82 Å². The molecule has 0 atom stereocenters. The van der Waals surface area contributed by atoms with Crippen molar-refractivity contribution >= 4 is 23.2 Å². The van der Waals surface area contributed by atoms with Crippen LogP contribution in [-0.4, -0.2) is 18.4 Å². The normalized spacial score (nSPS) is 13.5. The molecular weight excluding hydrogens is 263 g/mol. The van der Waals surface area contributed by atoms with Gasteiger partial charge in [-0.3, -0.25) is 9.59 Å². The van der Waals surface area contributed by atoms with Crippen LogP contribution >= 0.6 is 0 Å². The third-order valence-electron chi connectivity index (χ3n) is 3.29. The van der Waals surface area contributed by atoms with Gasteiger partial charge in [0.05, 0.1) is 11.4 Å². The number of nitrogens with one attached hydrogen (secondary N) is 2. The SMILES string of the molecule is CCC(CC)C(=O)Nc1cc(F)cc2c1OCC(=O)N2. The molecule has 1 aliphatic heterocycles. The highest BCUT2D eigenvalue weighted by Crippen LogP contribution is 2.37. The van der Waals surface area contributed by atoms with Gasteiger partial charge in [-0.1, -0.05) is 13.8 Å². The largest absolute Gasteiger partial charge is 0.479 e. The fourth-order valence-corrected chi connectivity index (χ4v) is 2.15. The number of carbonyl (C=O) groups excluding carboxylic acids is 2. The maximum atomic E-state index is 13.5. The molecule has 0 radical (unpaired) electrons. The first-order chi connectivity index (χ1) is 9.55. The second kappa shape index (κ2) is 5.90. The highest BCUT2D eigenvalue weighted by molar-refractivity contribution is 6.00. The van der Waals surface area contributed by atoms with Gasteiger partial charge in [0.2, 0.25) is 5.91 Å². The Hall–Kier alpha value is -2.11. The number of amides is 2. The van der Waals surface area contributed by atoms with E-state index >= 15 is 0 Å². The Bertz CT molecular complexity index is 541. The number of hydrogen-bond acceptors (Lipinski definition) is 3. The number of ether oxygens (including phenoxy) is 1. The molecule has 2 rings (SSSR count). The van der Waals surface area contributed by atoms with Crippen LogP contribution in [0.1, 0.15) is 26.7 Å². The van der Waals surface area contributed by atoms with Crippen molar-refractivity contribution in [2.75, 3.05) is 17.2 Å². The summed E-state index contributed by atoms with van der Waals surface area (Å²) < 4.78 is 18.8. The van der Waals surface area contributed by atoms with Crippen molar-refractivity contribution in [3.63, 3.8) is 0 Å². The van der Waals surface area contributed by atoms with E-state index in [0.717, 1.165) is 0 Å². The number of rotatable bonds is 4. The molecule has 0 fully saturated rings. The molecule has 0 spiro atoms. The van der Waals surface area contributed by atoms with Crippen molar-refractivity contribution in [1.82, 2.24) is 0 Å². The third kappa shape index (κ3) is 2.89. The Morgan fingerprint density at radius 3 is 2.80 bits per heavy atom. The summed E-state index contributed by atoms with van der Waals surface area (Å²) in [5.41, 5.74) is 0.484. The molecule has 6 heteroatoms. The molecule has 0 saturated carbocycles. The van der Waals surface area contributed by atoms with Gasteiger partial charge in [-0.05, 0) is 12.8 Å². The first kappa shape index (κ1) is 14.3. The summed E-state index contributed by atoms with van der Waals surface area (Å²) >= 11 is 0. The van der Waals surface area contributed by atoms with Crippen molar-refractivity contribution in [2.24, 2.45) is 5.92 Å². The molecule has 5 nitrogen and oxygen atoms in total. The number of fused-ring (bicyclic) bond motifs is 1. The Morgan fingerprint density at radius 2 is 2.15 bits per heavy atom. The summed E-state index contributed by atoms with van der Waals surface area (Å²) in [6, 6.07) is 2.36. The molecule has 2 amide bonds. The lowest BCUT2D eigenvalue weighted by Gasteiger charge is -2.22. The summed E-state index contributed by atoms with van der Waals surface area (Å²) in [5, 5.41) is 5.19. The van der Waals surface area contributed by atoms with Crippen LogP contribution in [0.25, 0.3) is 0 Å². The molecule has 1 aromatic carbocycles. The molecule has 0 unspecified atom stereocenters. The van der Waals surface area contributed by atoms with E-state index in [0.29, 0.717) is 18.6 Å². The fraction of sp³-hybridized carbons (Fsp3) is 0.429. The van der Waals surface area contributed by atoms with Gasteiger partial charge in [-0.25, -0.2) is 4.39 Å². The van der Waals surface area contributed by atoms with E-state index in [-0.39, 0.29) is 35.7 Å². The lowest BCUT2D eigenvalue weighted by Crippen LogP contribution is -2.27. The zero-order valence-corrected chi connectivity index (χ0v) is 11.5. The van der Waals surface area contributed by atoms with Crippen LogP contribution in [0.2, 0.25) is 0 Å². The fourth-order valence-electron chi connectivity index (χ4n) is 2.15. The second-order valence-electron chi connectivity index (χ2n) is 4.67. The van der Waals surface area contributed by atoms with Crippen LogP contribution in [-0.2, 0) is 9.59 Å². The number of halogens is 1. The molecule has 2 N–H and O–H groups in total. The molecule has 108 valence electrons. The van der Waals surface area contributed by atoms with Crippen LogP contribution < -0.4 is 15.4 Å². The predicted octanol–water partition coefficient (Wildman–Crippen LogP) is 2.53. The lowest BCUT2D eigenvalue weighted by atomic mass is 10.0. The first-order valence-corrected chi connectivity index (χ1v) is 6.62. The minimum atomic E-state index is -0.547. The van der Waals surface area contributed by atoms with Gasteiger partial charge in [0.25, 0.3) is 5.91 Å². The lowest BCUT2D eigenvalue weighted by molar-refractivity contribution is -0.120. The van der Waals surface area contributed by atoms with Crippen molar-refractivity contribution < 1.29 is 18.7 Å². The van der Waals surface area contributed by atoms with E-state index in [4.69, 9.17) is 4.74 Å². The van der Waals surface area contributed by atoms with Gasteiger partial charge in [0.1, 0.15) is 5.82 Å². The zero-order valence-electron chi connectivity index (χ0n) is 11.5. The molecule has 0 aromatic heterocycles. The highest BCUT2D eigenvalue weighted by atomic mass is 19.1. The van der Waals surface area contributed by atoms with Gasteiger partial charge in [0, 0.05) is 18.1 Å². The Balaban J connectivity index is 2.28. The maximum absolute atomic E-state index is 13.5. The van der Waals surface area contributed by atoms with E-state index in [9.17, 15) is 14.0 Å². The minimum Gasteiger partial charge on any atom is -0.479 e. The van der Waals surface area contributed by atoms with Crippen LogP contribution in [0.4, 0.5) is 15.8 Å². The average Bonchev–Trinajstić information content (AvgIpc) is 2.39. The average molecular weight is 280 g/mol. The van der Waals surface area contributed by atoms with Crippen LogP contribution in [0, 0.1) is 11.7 Å². The summed E-state index contributed by atoms with van der Waals surface area (Å²) in [4.78, 5) is 23.3. The van der Waals surface area contributed by atoms with E-state index in [2.05, 4.69) is 10.6 Å². The standard InChI is InChI=1S/C14H17FN2O3/c1-3-8(4-2)14(19)17-11-6-9(15)5-10-13(11)20-7-12(18)16-10/h5-6,8H,3-4,7H2,1-2H3,(H,16,18)(H,17,19). The van der Waals surface area contributed by atoms with Crippen LogP contribution in [0.3, 0.4) is 0 Å². The number of hydrogen-bond donors (Lipinski definition) is 2. The summed E-state index contributed by atoms with van der Waals surface area (Å²) in [6.07, 6.45) is 1.41. The first-order valence-electron chi connectivity index (χ1n) is 6.62. The van der Waals surface area contributed by atoms with Crippen molar-refractivity contribution in [1.29, 1.82) is 0 Å². The summed E-state index contributed by atoms with van der Waals surface area (Å²) in [6.45, 7) is 3.70. The summed E-state index contributed by atoms with van der Waals surface area (Å²) in [5.74, 6) is -0.907. The van der Waals surface area contributed by atoms with E-state index in [1.165, 1.54) is 12.1 Å². The monoisotopic (exact) mass is 280 g/mol. The number of anilines is 2. The number of carbonyl (C=O) groups is 2. The van der Waals surface area contributed by atoms with Gasteiger partial charge < -0.3 is 15.4 Å². The maximum Gasteiger partial charge on any atom is 0.262 e. The summed E-state index contributed by atoms with van der Waals surface area (Å²) in [7, 11) is 0. The smallest absolute Gasteiger partial charge is 0.262 e. The Morgan fingerprint density at radius 1 is 1.45 bits per heavy atom. The van der Waals surface area contributed by atoms with E-state index in [1.807, 2.05) is 13.8 Å². The molecule has 0 aliphatic carbocycles. The number of benzene rings is 1. The predicted molar refractivity (Wildman–Crippen MR) is 73.2 cm³/mol. The van der Waals surface area contributed by atoms with Gasteiger partial charge in [-0.2, -0.15) is 0 Å². The third-order valence-corrected chi connectivity index (χ3v) is 3.29. The van der Waals surface area contributed by atoms with Crippen molar-refractivity contribution in [2.45, 2.75) is 26.7 Å². The van der Waals surface area contributed by atoms with Crippen LogP contribution in [0.5, 0.6) is 5.75 Å². The van der Waals surface area contributed by atoms with Gasteiger partial charge >= 0.3 is 0 Å². The van der Waals surface area contributed by atoms with E-state index in [1.54, 1.807) is 0 Å². The molecular formula is C14H17FN2O3. The van der Waals surface area contributed by atoms with Crippen molar-refractivity contribution in [3.8, 4) is 5.75 Å². The topological polar surface area (TPSA) is 67.4 Å². The quantitative estimate of drug-likeness (QED) is 0.890. The van der Waals surface area contributed by atoms with Gasteiger partial charge in [-0.15, -0.1) is 0 Å². The zero-order chi connectivity index (χ0) is 14.7. The molecule has 0 bridgehead atoms. The van der Waals surface area contributed by atoms with Crippen molar-refractivity contribution in [3.05, 3.63) is 17.9 Å². The second-order valence-corrected chi connectivity index (χ2v) is 4.67. The molecule has 1 heterocycles. The highest BCUT2D eigenvalue weighted by Gasteiger charge is 2.23. The molecule has 1 aliphatic rings. The molecule has 0 saturated heterocycles. The molecule has 20 heavy (non-hydrogen) atoms. The Labute approximate surface area is 116 Å².